The smallest absolute Gasteiger partial charge is 0.332 e. The van der Waals surface area contributed by atoms with E-state index in [1.807, 2.05) is 6.92 Å². The summed E-state index contributed by atoms with van der Waals surface area (Å²) < 4.78 is 19.8. The first-order valence-electron chi connectivity index (χ1n) is 10.2. The van der Waals surface area contributed by atoms with E-state index in [-0.39, 0.29) is 45.3 Å². The molecule has 32 heavy (non-hydrogen) atoms. The molecule has 0 spiro atoms. The van der Waals surface area contributed by atoms with Gasteiger partial charge in [-0.25, -0.2) is 14.1 Å². The largest absolute Gasteiger partial charge is 0.478 e. The van der Waals surface area contributed by atoms with E-state index < -0.39 is 29.6 Å². The molecule has 10 heteroatoms. The molecule has 1 aliphatic carbocycles. The van der Waals surface area contributed by atoms with Gasteiger partial charge in [0, 0.05) is 23.0 Å². The van der Waals surface area contributed by atoms with Crippen molar-refractivity contribution in [2.24, 2.45) is 0 Å². The molecule has 0 saturated heterocycles. The number of carboxylic acids is 1. The quantitative estimate of drug-likeness (QED) is 0.306. The highest BCUT2D eigenvalue weighted by Gasteiger charge is 2.31. The molecule has 7 nitrogen and oxygen atoms in total. The minimum Gasteiger partial charge on any atom is -0.478 e. The van der Waals surface area contributed by atoms with Crippen LogP contribution in [-0.2, 0) is 23.9 Å². The standard InChI is InChI=1S/C22H25ClFNO6S/c1-3-4-9-31-20(27)12-32-19-11-18(17(24)10-16(19)23)25(13(2)26)21(28)14-7-5-6-8-15(14)22(29)30/h10-11H,3-9,12H2,1-2H3,(H,29,30). The number of hydrogen-bond donors (Lipinski definition) is 1. The van der Waals surface area contributed by atoms with Crippen molar-refractivity contribution in [3.8, 4) is 0 Å². The van der Waals surface area contributed by atoms with E-state index in [9.17, 15) is 28.7 Å². The van der Waals surface area contributed by atoms with Gasteiger partial charge in [0.25, 0.3) is 5.91 Å². The topological polar surface area (TPSA) is 101 Å². The molecule has 0 saturated carbocycles. The van der Waals surface area contributed by atoms with Gasteiger partial charge in [-0.2, -0.15) is 0 Å². The molecule has 1 aromatic carbocycles. The van der Waals surface area contributed by atoms with Gasteiger partial charge in [0.15, 0.2) is 0 Å². The van der Waals surface area contributed by atoms with Crippen LogP contribution in [0.4, 0.5) is 10.1 Å². The Morgan fingerprint density at radius 3 is 2.44 bits per heavy atom. The van der Waals surface area contributed by atoms with Gasteiger partial charge in [-0.3, -0.25) is 14.4 Å². The predicted octanol–water partition coefficient (Wildman–Crippen LogP) is 4.75. The van der Waals surface area contributed by atoms with E-state index >= 15 is 0 Å². The molecule has 0 radical (unpaired) electrons. The lowest BCUT2D eigenvalue weighted by atomic mass is 9.90. The minimum absolute atomic E-state index is 0.0108. The summed E-state index contributed by atoms with van der Waals surface area (Å²) in [7, 11) is 0. The van der Waals surface area contributed by atoms with Crippen LogP contribution in [0.15, 0.2) is 28.2 Å². The molecular formula is C22H25ClFNO6S. The van der Waals surface area contributed by atoms with E-state index in [4.69, 9.17) is 16.3 Å². The van der Waals surface area contributed by atoms with Gasteiger partial charge in [-0.15, -0.1) is 11.8 Å². The van der Waals surface area contributed by atoms with Gasteiger partial charge < -0.3 is 9.84 Å². The summed E-state index contributed by atoms with van der Waals surface area (Å²) in [6, 6.07) is 2.17. The first-order chi connectivity index (χ1) is 15.2. The van der Waals surface area contributed by atoms with Crippen molar-refractivity contribution >= 4 is 52.8 Å². The van der Waals surface area contributed by atoms with Crippen molar-refractivity contribution in [1.82, 2.24) is 0 Å². The van der Waals surface area contributed by atoms with Crippen LogP contribution in [0.1, 0.15) is 52.4 Å². The van der Waals surface area contributed by atoms with Gasteiger partial charge in [-0.1, -0.05) is 24.9 Å². The predicted molar refractivity (Wildman–Crippen MR) is 119 cm³/mol. The molecule has 0 aromatic heterocycles. The van der Waals surface area contributed by atoms with Crippen LogP contribution in [0.3, 0.4) is 0 Å². The molecule has 2 rings (SSSR count). The van der Waals surface area contributed by atoms with Crippen LogP contribution in [0, 0.1) is 5.82 Å². The number of aliphatic carboxylic acids is 1. The number of imide groups is 1. The highest BCUT2D eigenvalue weighted by Crippen LogP contribution is 2.35. The zero-order valence-corrected chi connectivity index (χ0v) is 19.5. The Kier molecular flexibility index (Phi) is 9.71. The maximum Gasteiger partial charge on any atom is 0.332 e. The summed E-state index contributed by atoms with van der Waals surface area (Å²) in [4.78, 5) is 49.8. The van der Waals surface area contributed by atoms with Gasteiger partial charge in [-0.05, 0) is 44.2 Å². The average Bonchev–Trinajstić information content (AvgIpc) is 2.74. The number of amides is 2. The van der Waals surface area contributed by atoms with Gasteiger partial charge >= 0.3 is 11.9 Å². The molecule has 1 aliphatic rings. The van der Waals surface area contributed by atoms with Crippen LogP contribution in [-0.4, -0.2) is 41.2 Å². The number of unbranched alkanes of at least 4 members (excludes halogenated alkanes) is 1. The third-order valence-electron chi connectivity index (χ3n) is 4.85. The minimum atomic E-state index is -1.23. The second kappa shape index (κ2) is 12.0. The number of rotatable bonds is 9. The molecule has 1 N–H and O–H groups in total. The Balaban J connectivity index is 2.35. The third kappa shape index (κ3) is 6.56. The number of halogens is 2. The van der Waals surface area contributed by atoms with E-state index in [1.165, 1.54) is 6.07 Å². The zero-order chi connectivity index (χ0) is 23.8. The fourth-order valence-electron chi connectivity index (χ4n) is 3.24. The monoisotopic (exact) mass is 485 g/mol. The Morgan fingerprint density at radius 2 is 1.84 bits per heavy atom. The summed E-state index contributed by atoms with van der Waals surface area (Å²) in [6.07, 6.45) is 3.21. The zero-order valence-electron chi connectivity index (χ0n) is 17.9. The Bertz CT molecular complexity index is 949. The molecule has 2 amide bonds. The summed E-state index contributed by atoms with van der Waals surface area (Å²) >= 11 is 7.09. The summed E-state index contributed by atoms with van der Waals surface area (Å²) in [5, 5.41) is 9.44. The van der Waals surface area contributed by atoms with Crippen LogP contribution in [0.5, 0.6) is 0 Å². The highest BCUT2D eigenvalue weighted by molar-refractivity contribution is 8.00. The van der Waals surface area contributed by atoms with E-state index in [0.717, 1.165) is 37.6 Å². The molecule has 0 aliphatic heterocycles. The number of ether oxygens (including phenoxy) is 1. The number of benzene rings is 1. The number of thioether (sulfide) groups is 1. The molecule has 0 bridgehead atoms. The molecule has 0 unspecified atom stereocenters. The van der Waals surface area contributed by atoms with E-state index in [1.54, 1.807) is 0 Å². The number of anilines is 1. The van der Waals surface area contributed by atoms with Gasteiger partial charge in [0.05, 0.1) is 23.1 Å². The first kappa shape index (κ1) is 25.9. The molecule has 0 fully saturated rings. The van der Waals surface area contributed by atoms with Crippen molar-refractivity contribution < 1.29 is 33.4 Å². The van der Waals surface area contributed by atoms with Crippen LogP contribution < -0.4 is 4.90 Å². The lowest BCUT2D eigenvalue weighted by Gasteiger charge is -2.25. The van der Waals surface area contributed by atoms with Crippen molar-refractivity contribution in [3.63, 3.8) is 0 Å². The van der Waals surface area contributed by atoms with Crippen molar-refractivity contribution in [1.29, 1.82) is 0 Å². The highest BCUT2D eigenvalue weighted by atomic mass is 35.5. The normalized spacial score (nSPS) is 13.6. The summed E-state index contributed by atoms with van der Waals surface area (Å²) in [5.41, 5.74) is -0.426. The van der Waals surface area contributed by atoms with Gasteiger partial charge in [0.2, 0.25) is 5.91 Å². The second-order valence-electron chi connectivity index (χ2n) is 7.23. The van der Waals surface area contributed by atoms with Crippen molar-refractivity contribution in [3.05, 3.63) is 34.1 Å². The van der Waals surface area contributed by atoms with Crippen LogP contribution >= 0.6 is 23.4 Å². The number of esters is 1. The van der Waals surface area contributed by atoms with Crippen molar-refractivity contribution in [2.45, 2.75) is 57.3 Å². The Morgan fingerprint density at radius 1 is 1.19 bits per heavy atom. The fourth-order valence-corrected chi connectivity index (χ4v) is 4.31. The maximum absolute atomic E-state index is 14.8. The molecular weight excluding hydrogens is 461 g/mol. The fraction of sp³-hybridized carbons (Fsp3) is 0.455. The summed E-state index contributed by atoms with van der Waals surface area (Å²) in [5.74, 6) is -4.34. The van der Waals surface area contributed by atoms with Crippen molar-refractivity contribution in [2.75, 3.05) is 17.3 Å². The van der Waals surface area contributed by atoms with E-state index in [2.05, 4.69) is 0 Å². The Labute approximate surface area is 194 Å². The number of carbonyl (C=O) groups excluding carboxylic acids is 3. The first-order valence-corrected chi connectivity index (χ1v) is 11.6. The van der Waals surface area contributed by atoms with Crippen LogP contribution in [0.2, 0.25) is 5.02 Å². The molecule has 1 aromatic rings. The average molecular weight is 486 g/mol. The number of nitrogens with zero attached hydrogens (tertiary/aromatic N) is 1. The van der Waals surface area contributed by atoms with E-state index in [0.29, 0.717) is 24.3 Å². The Hall–Kier alpha value is -2.39. The molecule has 174 valence electrons. The lowest BCUT2D eigenvalue weighted by Crippen LogP contribution is -2.38. The molecule has 0 heterocycles. The maximum atomic E-state index is 14.8. The number of carboxylic acid groups (broad SMARTS) is 1. The second-order valence-corrected chi connectivity index (χ2v) is 8.65. The lowest BCUT2D eigenvalue weighted by molar-refractivity contribution is -0.140. The number of carbonyl (C=O) groups is 4. The third-order valence-corrected chi connectivity index (χ3v) is 6.30. The SMILES string of the molecule is CCCCOC(=O)CSc1cc(N(C(C)=O)C(=O)C2=C(C(=O)O)CCCC2)c(F)cc1Cl. The van der Waals surface area contributed by atoms with Crippen LogP contribution in [0.25, 0.3) is 0 Å². The molecule has 0 atom stereocenters. The summed E-state index contributed by atoms with van der Waals surface area (Å²) in [6.45, 7) is 3.35. The number of hydrogen-bond acceptors (Lipinski definition) is 6. The van der Waals surface area contributed by atoms with Gasteiger partial charge in [0.1, 0.15) is 5.82 Å².